The Morgan fingerprint density at radius 3 is 2.29 bits per heavy atom. The van der Waals surface area contributed by atoms with E-state index in [1.807, 2.05) is 28.1 Å². The molecular formula is C19H40NO6PS. The molecule has 0 radical (unpaired) electrons. The third-order valence-corrected chi connectivity index (χ3v) is 6.31. The van der Waals surface area contributed by atoms with Gasteiger partial charge in [0.25, 0.3) is 7.82 Å². The summed E-state index contributed by atoms with van der Waals surface area (Å²) < 4.78 is 26.8. The Kier molecular flexibility index (Phi) is 15.6. The number of thioether (sulfide) groups is 1. The van der Waals surface area contributed by atoms with Crippen molar-refractivity contribution >= 4 is 25.6 Å². The molecule has 2 atom stereocenters. The first-order valence-corrected chi connectivity index (χ1v) is 12.8. The van der Waals surface area contributed by atoms with Crippen LogP contribution in [0.15, 0.2) is 0 Å². The predicted octanol–water partition coefficient (Wildman–Crippen LogP) is 3.47. The van der Waals surface area contributed by atoms with Crippen LogP contribution < -0.4 is 4.89 Å². The topological polar surface area (TPSA) is 84.9 Å². The van der Waals surface area contributed by atoms with Gasteiger partial charge in [0.1, 0.15) is 19.8 Å². The minimum Gasteiger partial charge on any atom is -0.756 e. The fraction of sp³-hybridized carbons (Fsp3) is 0.947. The predicted molar refractivity (Wildman–Crippen MR) is 113 cm³/mol. The summed E-state index contributed by atoms with van der Waals surface area (Å²) in [6, 6.07) is 0. The van der Waals surface area contributed by atoms with Gasteiger partial charge in [-0.05, 0) is 12.2 Å². The average molecular weight is 442 g/mol. The molecule has 0 aliphatic carbocycles. The van der Waals surface area contributed by atoms with E-state index in [1.165, 1.54) is 38.5 Å². The number of hydrogen-bond donors (Lipinski definition) is 0. The summed E-state index contributed by atoms with van der Waals surface area (Å²) in [5, 5.41) is 0. The molecule has 0 saturated heterocycles. The molecule has 0 saturated carbocycles. The van der Waals surface area contributed by atoms with Crippen molar-refractivity contribution in [3.63, 3.8) is 0 Å². The summed E-state index contributed by atoms with van der Waals surface area (Å²) >= 11 is 1.76. The highest BCUT2D eigenvalue weighted by Crippen LogP contribution is 2.37. The molecule has 9 heteroatoms. The van der Waals surface area contributed by atoms with Crippen molar-refractivity contribution in [3.05, 3.63) is 0 Å². The SMILES string of the molecule is CCCCCCCCSCC(C)C(=O)OCCOP(=O)([O-])OCC[N+](C)(C)C. The lowest BCUT2D eigenvalue weighted by Gasteiger charge is -2.27. The number of carbonyl (C=O) groups excluding carboxylic acids is 1. The van der Waals surface area contributed by atoms with Crippen molar-refractivity contribution in [2.45, 2.75) is 52.4 Å². The quantitative estimate of drug-likeness (QED) is 0.139. The van der Waals surface area contributed by atoms with Gasteiger partial charge in [0.15, 0.2) is 0 Å². The number of quaternary nitrogens is 1. The van der Waals surface area contributed by atoms with Gasteiger partial charge in [-0.25, -0.2) is 0 Å². The fourth-order valence-corrected chi connectivity index (χ4v) is 3.95. The Hall–Kier alpha value is -0.110. The van der Waals surface area contributed by atoms with Gasteiger partial charge < -0.3 is 23.2 Å². The summed E-state index contributed by atoms with van der Waals surface area (Å²) in [5.74, 6) is 1.22. The highest BCUT2D eigenvalue weighted by Gasteiger charge is 2.16. The number of ether oxygens (including phenoxy) is 1. The Labute approximate surface area is 175 Å². The van der Waals surface area contributed by atoms with E-state index in [4.69, 9.17) is 13.8 Å². The monoisotopic (exact) mass is 441 g/mol. The van der Waals surface area contributed by atoms with E-state index in [0.717, 1.165) is 5.75 Å². The smallest absolute Gasteiger partial charge is 0.309 e. The minimum absolute atomic E-state index is 0.0525. The fourth-order valence-electron chi connectivity index (χ4n) is 2.21. The zero-order valence-corrected chi connectivity index (χ0v) is 20.0. The van der Waals surface area contributed by atoms with Crippen LogP contribution in [0.5, 0.6) is 0 Å². The van der Waals surface area contributed by atoms with Gasteiger partial charge in [-0.2, -0.15) is 11.8 Å². The van der Waals surface area contributed by atoms with Crippen molar-refractivity contribution in [1.82, 2.24) is 0 Å². The van der Waals surface area contributed by atoms with Gasteiger partial charge in [-0.1, -0.05) is 46.0 Å². The van der Waals surface area contributed by atoms with Crippen molar-refractivity contribution in [2.24, 2.45) is 5.92 Å². The molecule has 0 aromatic carbocycles. The maximum absolute atomic E-state index is 11.9. The summed E-state index contributed by atoms with van der Waals surface area (Å²) in [6.45, 7) is 4.30. The summed E-state index contributed by atoms with van der Waals surface area (Å²) in [7, 11) is 1.46. The first kappa shape index (κ1) is 27.9. The molecule has 0 aromatic rings. The lowest BCUT2D eigenvalue weighted by molar-refractivity contribution is -0.870. The Morgan fingerprint density at radius 2 is 1.64 bits per heavy atom. The molecule has 28 heavy (non-hydrogen) atoms. The summed E-state index contributed by atoms with van der Waals surface area (Å²) in [4.78, 5) is 23.5. The number of rotatable bonds is 18. The first-order chi connectivity index (χ1) is 13.1. The van der Waals surface area contributed by atoms with Gasteiger partial charge in [0.05, 0.1) is 33.7 Å². The molecule has 0 aliphatic heterocycles. The molecule has 0 amide bonds. The zero-order valence-electron chi connectivity index (χ0n) is 18.3. The summed E-state index contributed by atoms with van der Waals surface area (Å²) in [5.41, 5.74) is 0. The van der Waals surface area contributed by atoms with Crippen LogP contribution in [0, 0.1) is 5.92 Å². The van der Waals surface area contributed by atoms with Crippen molar-refractivity contribution < 1.29 is 32.5 Å². The minimum atomic E-state index is -4.35. The molecule has 2 unspecified atom stereocenters. The average Bonchev–Trinajstić information content (AvgIpc) is 2.59. The normalized spacial score (nSPS) is 15.2. The molecule has 0 spiro atoms. The second-order valence-corrected chi connectivity index (χ2v) is 10.6. The van der Waals surface area contributed by atoms with Gasteiger partial charge in [-0.15, -0.1) is 0 Å². The van der Waals surface area contributed by atoms with E-state index in [0.29, 0.717) is 16.8 Å². The van der Waals surface area contributed by atoms with Crippen LogP contribution in [0.2, 0.25) is 0 Å². The highest BCUT2D eigenvalue weighted by molar-refractivity contribution is 7.99. The third-order valence-electron chi connectivity index (χ3n) is 4.00. The maximum atomic E-state index is 11.9. The largest absolute Gasteiger partial charge is 0.756 e. The zero-order chi connectivity index (χ0) is 21.5. The Balaban J connectivity index is 3.72. The third kappa shape index (κ3) is 18.0. The standard InChI is InChI=1S/C19H40NO6PS/c1-6-7-8-9-10-11-16-28-17-18(2)19(21)24-14-15-26-27(22,23)25-13-12-20(3,4)5/h18H,6-17H2,1-5H3. The number of nitrogens with zero attached hydrogens (tertiary/aromatic N) is 1. The molecule has 0 bridgehead atoms. The number of hydrogen-bond acceptors (Lipinski definition) is 7. The van der Waals surface area contributed by atoms with Crippen molar-refractivity contribution in [2.75, 3.05) is 59.0 Å². The molecule has 0 heterocycles. The summed E-state index contributed by atoms with van der Waals surface area (Å²) in [6.07, 6.45) is 7.59. The number of phosphoric acid groups is 1. The van der Waals surface area contributed by atoms with Gasteiger partial charge in [0, 0.05) is 5.75 Å². The molecule has 168 valence electrons. The molecular weight excluding hydrogens is 401 g/mol. The number of esters is 1. The maximum Gasteiger partial charge on any atom is 0.309 e. The molecule has 0 aliphatic rings. The van der Waals surface area contributed by atoms with Gasteiger partial charge in [-0.3, -0.25) is 9.36 Å². The number of carbonyl (C=O) groups is 1. The second kappa shape index (κ2) is 15.7. The molecule has 0 N–H and O–H groups in total. The van der Waals surface area contributed by atoms with E-state index in [9.17, 15) is 14.3 Å². The lowest BCUT2D eigenvalue weighted by atomic mass is 10.1. The van der Waals surface area contributed by atoms with E-state index in [1.54, 1.807) is 11.8 Å². The Bertz CT molecular complexity index is 458. The van der Waals surface area contributed by atoms with Crippen LogP contribution in [0.4, 0.5) is 0 Å². The highest BCUT2D eigenvalue weighted by atomic mass is 32.2. The van der Waals surface area contributed by atoms with Gasteiger partial charge >= 0.3 is 5.97 Å². The van der Waals surface area contributed by atoms with E-state index in [2.05, 4.69) is 6.92 Å². The first-order valence-electron chi connectivity index (χ1n) is 10.2. The van der Waals surface area contributed by atoms with Crippen molar-refractivity contribution in [1.29, 1.82) is 0 Å². The lowest BCUT2D eigenvalue weighted by Crippen LogP contribution is -2.37. The van der Waals surface area contributed by atoms with Crippen LogP contribution in [-0.2, 0) is 23.1 Å². The number of phosphoric ester groups is 1. The van der Waals surface area contributed by atoms with E-state index in [-0.39, 0.29) is 31.7 Å². The molecule has 7 nitrogen and oxygen atoms in total. The Morgan fingerprint density at radius 1 is 1.04 bits per heavy atom. The number of unbranched alkanes of at least 4 members (excludes halogenated alkanes) is 5. The molecule has 0 fully saturated rings. The van der Waals surface area contributed by atoms with Crippen LogP contribution in [0.3, 0.4) is 0 Å². The number of likely N-dealkylation sites (N-methyl/N-ethyl adjacent to an activating group) is 1. The second-order valence-electron chi connectivity index (χ2n) is 8.04. The van der Waals surface area contributed by atoms with Crippen LogP contribution in [0.1, 0.15) is 52.4 Å². The van der Waals surface area contributed by atoms with Gasteiger partial charge in [0.2, 0.25) is 0 Å². The van der Waals surface area contributed by atoms with Crippen LogP contribution >= 0.6 is 19.6 Å². The van der Waals surface area contributed by atoms with Crippen molar-refractivity contribution in [3.8, 4) is 0 Å². The van der Waals surface area contributed by atoms with E-state index >= 15 is 0 Å². The molecule has 0 rings (SSSR count). The van der Waals surface area contributed by atoms with E-state index < -0.39 is 7.82 Å². The van der Waals surface area contributed by atoms with Crippen LogP contribution in [-0.4, -0.2) is 69.5 Å². The van der Waals surface area contributed by atoms with Crippen LogP contribution in [0.25, 0.3) is 0 Å². The molecule has 0 aromatic heterocycles.